The highest BCUT2D eigenvalue weighted by Gasteiger charge is 2.18. The second-order valence-corrected chi connectivity index (χ2v) is 8.11. The summed E-state index contributed by atoms with van der Waals surface area (Å²) in [6.07, 6.45) is 3.12. The maximum absolute atomic E-state index is 12.6. The number of benzene rings is 1. The molecule has 9 heteroatoms. The first kappa shape index (κ1) is 22.2. The maximum Gasteiger partial charge on any atom is 0.341 e. The number of pyridine rings is 2. The summed E-state index contributed by atoms with van der Waals surface area (Å²) < 4.78 is 11.7. The van der Waals surface area contributed by atoms with Crippen LogP contribution in [0.3, 0.4) is 0 Å². The number of thiophene rings is 1. The van der Waals surface area contributed by atoms with Gasteiger partial charge in [-0.05, 0) is 49.1 Å². The first-order chi connectivity index (χ1) is 16.0. The largest absolute Gasteiger partial charge is 0.489 e. The van der Waals surface area contributed by atoms with Crippen molar-refractivity contribution in [2.75, 3.05) is 17.7 Å². The fourth-order valence-corrected chi connectivity index (χ4v) is 4.27. The van der Waals surface area contributed by atoms with E-state index in [1.165, 1.54) is 17.5 Å². The van der Waals surface area contributed by atoms with Crippen LogP contribution in [0, 0.1) is 6.92 Å². The number of esters is 1. The van der Waals surface area contributed by atoms with Gasteiger partial charge in [-0.25, -0.2) is 14.8 Å². The van der Waals surface area contributed by atoms with Crippen molar-refractivity contribution in [3.05, 3.63) is 76.4 Å². The third-order valence-corrected chi connectivity index (χ3v) is 5.90. The Kier molecular flexibility index (Phi) is 6.50. The van der Waals surface area contributed by atoms with Crippen molar-refractivity contribution in [1.82, 2.24) is 9.97 Å². The Bertz CT molecular complexity index is 1320. The number of aromatic nitrogens is 2. The first-order valence-electron chi connectivity index (χ1n) is 10.2. The summed E-state index contributed by atoms with van der Waals surface area (Å²) in [5, 5.41) is 5.32. The average molecular weight is 463 g/mol. The number of nitrogen functional groups attached to an aromatic ring is 1. The van der Waals surface area contributed by atoms with Crippen LogP contribution >= 0.6 is 11.3 Å². The molecular weight excluding hydrogens is 440 g/mol. The van der Waals surface area contributed by atoms with Gasteiger partial charge in [0.25, 0.3) is 5.91 Å². The molecule has 0 saturated heterocycles. The van der Waals surface area contributed by atoms with E-state index in [-0.39, 0.29) is 19.1 Å². The molecule has 3 aromatic heterocycles. The van der Waals surface area contributed by atoms with Gasteiger partial charge in [-0.3, -0.25) is 4.79 Å². The molecule has 3 heterocycles. The van der Waals surface area contributed by atoms with Gasteiger partial charge in [0.1, 0.15) is 24.0 Å². The molecule has 8 nitrogen and oxygen atoms in total. The van der Waals surface area contributed by atoms with Gasteiger partial charge in [0.15, 0.2) is 0 Å². The van der Waals surface area contributed by atoms with Crippen LogP contribution in [0.5, 0.6) is 5.75 Å². The zero-order valence-electron chi connectivity index (χ0n) is 18.1. The fourth-order valence-electron chi connectivity index (χ4n) is 3.21. The molecule has 0 fully saturated rings. The zero-order chi connectivity index (χ0) is 23.4. The standard InChI is InChI=1S/C24H22N4O4S/c1-3-31-24(30)18-11-27-22(25)20-16(13-33-21(18)20)12-32-17-6-4-5-15(9-17)23(29)28-19-8-7-14(2)10-26-19/h4-11,13H,3,12H2,1-2H3,(H2,25,27)(H,26,28,29). The number of nitrogens with two attached hydrogens (primary N) is 1. The van der Waals surface area contributed by atoms with Crippen LogP contribution in [0.15, 0.2) is 54.2 Å². The number of carbonyl (C=O) groups is 2. The number of nitrogens with zero attached hydrogens (tertiary/aromatic N) is 2. The lowest BCUT2D eigenvalue weighted by Crippen LogP contribution is -2.13. The third-order valence-electron chi connectivity index (χ3n) is 4.84. The highest BCUT2D eigenvalue weighted by molar-refractivity contribution is 7.17. The Balaban J connectivity index is 1.50. The topological polar surface area (TPSA) is 116 Å². The van der Waals surface area contributed by atoms with E-state index in [1.807, 2.05) is 18.4 Å². The van der Waals surface area contributed by atoms with Crippen molar-refractivity contribution in [2.45, 2.75) is 20.5 Å². The molecule has 168 valence electrons. The van der Waals surface area contributed by atoms with Gasteiger partial charge in [0, 0.05) is 28.9 Å². The first-order valence-corrected chi connectivity index (χ1v) is 11.1. The van der Waals surface area contributed by atoms with E-state index in [4.69, 9.17) is 15.2 Å². The molecule has 0 unspecified atom stereocenters. The van der Waals surface area contributed by atoms with Gasteiger partial charge in [0.2, 0.25) is 0 Å². The van der Waals surface area contributed by atoms with Crippen LogP contribution in [-0.4, -0.2) is 28.5 Å². The normalized spacial score (nSPS) is 10.7. The number of hydrogen-bond acceptors (Lipinski definition) is 8. The van der Waals surface area contributed by atoms with Crippen LogP contribution in [-0.2, 0) is 11.3 Å². The van der Waals surface area contributed by atoms with Crippen molar-refractivity contribution < 1.29 is 19.1 Å². The summed E-state index contributed by atoms with van der Waals surface area (Å²) in [6.45, 7) is 4.15. The summed E-state index contributed by atoms with van der Waals surface area (Å²) in [5.74, 6) is 0.585. The zero-order valence-corrected chi connectivity index (χ0v) is 18.9. The number of fused-ring (bicyclic) bond motifs is 1. The molecule has 0 radical (unpaired) electrons. The summed E-state index contributed by atoms with van der Waals surface area (Å²) in [7, 11) is 0. The number of amides is 1. The fraction of sp³-hybridized carbons (Fsp3) is 0.167. The smallest absolute Gasteiger partial charge is 0.341 e. The van der Waals surface area contributed by atoms with Gasteiger partial charge >= 0.3 is 5.97 Å². The number of aryl methyl sites for hydroxylation is 1. The molecule has 0 saturated carbocycles. The van der Waals surface area contributed by atoms with Crippen LogP contribution in [0.25, 0.3) is 10.1 Å². The Morgan fingerprint density at radius 1 is 1.15 bits per heavy atom. The maximum atomic E-state index is 12.6. The van der Waals surface area contributed by atoms with E-state index in [9.17, 15) is 9.59 Å². The van der Waals surface area contributed by atoms with Gasteiger partial charge < -0.3 is 20.5 Å². The van der Waals surface area contributed by atoms with Crippen LogP contribution < -0.4 is 15.8 Å². The van der Waals surface area contributed by atoms with Crippen molar-refractivity contribution in [3.8, 4) is 5.75 Å². The third kappa shape index (κ3) is 4.93. The predicted octanol–water partition coefficient (Wildman–Crippen LogP) is 4.59. The second-order valence-electron chi connectivity index (χ2n) is 7.23. The SMILES string of the molecule is CCOC(=O)c1cnc(N)c2c(COc3cccc(C(=O)Nc4ccc(C)cn4)c3)csc12. The molecule has 4 rings (SSSR count). The Labute approximate surface area is 194 Å². The second kappa shape index (κ2) is 9.66. The van der Waals surface area contributed by atoms with Crippen molar-refractivity contribution in [1.29, 1.82) is 0 Å². The number of carbonyl (C=O) groups excluding carboxylic acids is 2. The minimum atomic E-state index is -0.439. The monoisotopic (exact) mass is 462 g/mol. The van der Waals surface area contributed by atoms with E-state index >= 15 is 0 Å². The molecule has 0 atom stereocenters. The molecule has 0 bridgehead atoms. The lowest BCUT2D eigenvalue weighted by Gasteiger charge is -2.09. The Hall–Kier alpha value is -3.98. The number of hydrogen-bond donors (Lipinski definition) is 2. The van der Waals surface area contributed by atoms with Crippen LogP contribution in [0.2, 0.25) is 0 Å². The van der Waals surface area contributed by atoms with Crippen molar-refractivity contribution in [2.24, 2.45) is 0 Å². The minimum absolute atomic E-state index is 0.197. The number of anilines is 2. The number of rotatable bonds is 7. The highest BCUT2D eigenvalue weighted by Crippen LogP contribution is 2.33. The quantitative estimate of drug-likeness (QED) is 0.386. The highest BCUT2D eigenvalue weighted by atomic mass is 32.1. The Morgan fingerprint density at radius 3 is 2.76 bits per heavy atom. The van der Waals surface area contributed by atoms with E-state index in [1.54, 1.807) is 43.5 Å². The number of nitrogens with one attached hydrogen (secondary N) is 1. The minimum Gasteiger partial charge on any atom is -0.489 e. The lowest BCUT2D eigenvalue weighted by molar-refractivity contribution is 0.0528. The molecule has 0 aliphatic carbocycles. The summed E-state index contributed by atoms with van der Waals surface area (Å²) in [6, 6.07) is 10.5. The van der Waals surface area contributed by atoms with E-state index < -0.39 is 5.97 Å². The summed E-state index contributed by atoms with van der Waals surface area (Å²) >= 11 is 1.38. The molecular formula is C24H22N4O4S. The molecule has 1 amide bonds. The lowest BCUT2D eigenvalue weighted by atomic mass is 10.1. The number of ether oxygens (including phenoxy) is 2. The van der Waals surface area contributed by atoms with Crippen molar-refractivity contribution in [3.63, 3.8) is 0 Å². The summed E-state index contributed by atoms with van der Waals surface area (Å²) in [4.78, 5) is 33.2. The van der Waals surface area contributed by atoms with Gasteiger partial charge in [-0.15, -0.1) is 11.3 Å². The van der Waals surface area contributed by atoms with Gasteiger partial charge in [0.05, 0.1) is 16.9 Å². The average Bonchev–Trinajstić information content (AvgIpc) is 3.24. The Morgan fingerprint density at radius 2 is 2.00 bits per heavy atom. The van der Waals surface area contributed by atoms with E-state index in [0.717, 1.165) is 11.1 Å². The molecule has 3 N–H and O–H groups in total. The van der Waals surface area contributed by atoms with E-state index in [2.05, 4.69) is 15.3 Å². The molecule has 33 heavy (non-hydrogen) atoms. The van der Waals surface area contributed by atoms with Crippen LogP contribution in [0.4, 0.5) is 11.6 Å². The van der Waals surface area contributed by atoms with Crippen molar-refractivity contribution >= 4 is 44.9 Å². The van der Waals surface area contributed by atoms with Crippen LogP contribution in [0.1, 0.15) is 38.8 Å². The predicted molar refractivity (Wildman–Crippen MR) is 128 cm³/mol. The molecule has 1 aromatic carbocycles. The molecule has 0 aliphatic rings. The summed E-state index contributed by atoms with van der Waals surface area (Å²) in [5.41, 5.74) is 8.71. The molecule has 4 aromatic rings. The van der Waals surface area contributed by atoms with Gasteiger partial charge in [-0.1, -0.05) is 12.1 Å². The van der Waals surface area contributed by atoms with Gasteiger partial charge in [-0.2, -0.15) is 0 Å². The van der Waals surface area contributed by atoms with E-state index in [0.29, 0.717) is 38.6 Å². The molecule has 0 aliphatic heterocycles. The molecule has 0 spiro atoms.